The number of amides is 1. The smallest absolute Gasteiger partial charge is 0.271 e. The highest BCUT2D eigenvalue weighted by atomic mass is 16.5. The molecule has 25 heavy (non-hydrogen) atoms. The molecule has 3 saturated heterocycles. The van der Waals surface area contributed by atoms with E-state index in [1.807, 2.05) is 0 Å². The Morgan fingerprint density at radius 1 is 1.24 bits per heavy atom. The molecule has 0 saturated carbocycles. The van der Waals surface area contributed by atoms with E-state index in [0.29, 0.717) is 24.2 Å². The molecule has 0 radical (unpaired) electrons. The Balaban J connectivity index is 1.25. The lowest BCUT2D eigenvalue weighted by Gasteiger charge is -2.54. The Bertz CT molecular complexity index is 585. The van der Waals surface area contributed by atoms with E-state index in [9.17, 15) is 4.79 Å². The number of hydrogen-bond donors (Lipinski definition) is 1. The second-order valence-corrected chi connectivity index (χ2v) is 7.28. The van der Waals surface area contributed by atoms with Gasteiger partial charge in [0.1, 0.15) is 5.69 Å². The molecule has 0 bridgehead atoms. The Hall–Kier alpha value is -1.57. The summed E-state index contributed by atoms with van der Waals surface area (Å²) in [5.41, 5.74) is 0.379. The molecule has 0 aromatic carbocycles. The van der Waals surface area contributed by atoms with Crippen LogP contribution < -0.4 is 5.32 Å². The maximum atomic E-state index is 12.1. The average molecular weight is 346 g/mol. The topological polar surface area (TPSA) is 76.6 Å². The molecular formula is C18H26N4O3. The summed E-state index contributed by atoms with van der Waals surface area (Å²) in [7, 11) is 0. The number of nitrogens with zero attached hydrogens (tertiary/aromatic N) is 3. The van der Waals surface area contributed by atoms with Crippen LogP contribution in [0.25, 0.3) is 0 Å². The lowest BCUT2D eigenvalue weighted by molar-refractivity contribution is -0.156. The normalized spacial score (nSPS) is 26.5. The molecule has 1 atom stereocenters. The van der Waals surface area contributed by atoms with E-state index in [1.165, 1.54) is 12.4 Å². The van der Waals surface area contributed by atoms with Crippen molar-refractivity contribution in [2.24, 2.45) is 5.92 Å². The van der Waals surface area contributed by atoms with Crippen LogP contribution in [0.15, 0.2) is 18.6 Å². The molecule has 4 rings (SSSR count). The Morgan fingerprint density at radius 2 is 2.08 bits per heavy atom. The van der Waals surface area contributed by atoms with Gasteiger partial charge >= 0.3 is 0 Å². The van der Waals surface area contributed by atoms with Crippen LogP contribution in [0.5, 0.6) is 0 Å². The van der Waals surface area contributed by atoms with E-state index in [2.05, 4.69) is 20.2 Å². The SMILES string of the molecule is O=C(NCC[C@H]1CCOC12CN(C1CCOCC1)C2)c1cnccn1. The molecule has 136 valence electrons. The van der Waals surface area contributed by atoms with Crippen LogP contribution in [0.3, 0.4) is 0 Å². The predicted octanol–water partition coefficient (Wildman–Crippen LogP) is 0.866. The molecule has 1 aromatic rings. The van der Waals surface area contributed by atoms with Gasteiger partial charge in [0.05, 0.1) is 11.8 Å². The highest BCUT2D eigenvalue weighted by Crippen LogP contribution is 2.43. The van der Waals surface area contributed by atoms with Gasteiger partial charge in [-0.05, 0) is 31.6 Å². The maximum absolute atomic E-state index is 12.1. The van der Waals surface area contributed by atoms with Gasteiger partial charge < -0.3 is 14.8 Å². The number of carbonyl (C=O) groups excluding carboxylic acids is 1. The van der Waals surface area contributed by atoms with Crippen LogP contribution >= 0.6 is 0 Å². The first-order chi connectivity index (χ1) is 12.3. The summed E-state index contributed by atoms with van der Waals surface area (Å²) in [5, 5.41) is 2.96. The van der Waals surface area contributed by atoms with Gasteiger partial charge in [-0.15, -0.1) is 0 Å². The van der Waals surface area contributed by atoms with E-state index in [4.69, 9.17) is 9.47 Å². The van der Waals surface area contributed by atoms with Crippen LogP contribution in [-0.2, 0) is 9.47 Å². The zero-order valence-corrected chi connectivity index (χ0v) is 14.5. The minimum atomic E-state index is -0.154. The number of carbonyl (C=O) groups is 1. The van der Waals surface area contributed by atoms with Gasteiger partial charge in [0.15, 0.2) is 0 Å². The summed E-state index contributed by atoms with van der Waals surface area (Å²) in [6, 6.07) is 0.653. The van der Waals surface area contributed by atoms with Crippen molar-refractivity contribution in [2.75, 3.05) is 39.5 Å². The third-order valence-electron chi connectivity index (χ3n) is 5.82. The first-order valence-electron chi connectivity index (χ1n) is 9.27. The summed E-state index contributed by atoms with van der Waals surface area (Å²) >= 11 is 0. The van der Waals surface area contributed by atoms with Gasteiger partial charge in [-0.1, -0.05) is 0 Å². The van der Waals surface area contributed by atoms with Crippen molar-refractivity contribution in [3.8, 4) is 0 Å². The molecule has 1 spiro atoms. The van der Waals surface area contributed by atoms with E-state index in [1.54, 1.807) is 6.20 Å². The summed E-state index contributed by atoms with van der Waals surface area (Å²) in [4.78, 5) is 22.6. The van der Waals surface area contributed by atoms with E-state index in [0.717, 1.165) is 58.6 Å². The van der Waals surface area contributed by atoms with Crippen LogP contribution in [0.4, 0.5) is 0 Å². The van der Waals surface area contributed by atoms with E-state index >= 15 is 0 Å². The lowest BCUT2D eigenvalue weighted by atomic mass is 9.77. The number of nitrogens with one attached hydrogen (secondary N) is 1. The number of likely N-dealkylation sites (tertiary alicyclic amines) is 1. The van der Waals surface area contributed by atoms with Crippen molar-refractivity contribution >= 4 is 5.91 Å². The first kappa shape index (κ1) is 16.9. The van der Waals surface area contributed by atoms with Crippen molar-refractivity contribution in [3.63, 3.8) is 0 Å². The summed E-state index contributed by atoms with van der Waals surface area (Å²) in [6.45, 7) is 5.31. The minimum absolute atomic E-state index is 0.00951. The second-order valence-electron chi connectivity index (χ2n) is 7.28. The standard InChI is InChI=1S/C18H26N4O3/c23-17(16-11-19-6-7-20-16)21-5-1-14-2-10-25-18(14)12-22(13-18)15-3-8-24-9-4-15/h6-7,11,14-15H,1-5,8-10,12-13H2,(H,21,23)/t14-/m0/s1. The first-order valence-corrected chi connectivity index (χ1v) is 9.27. The molecule has 7 heteroatoms. The fraction of sp³-hybridized carbons (Fsp3) is 0.722. The Kier molecular flexibility index (Phi) is 4.96. The summed E-state index contributed by atoms with van der Waals surface area (Å²) in [6.07, 6.45) is 8.90. The van der Waals surface area contributed by atoms with Gasteiger partial charge in [-0.3, -0.25) is 14.7 Å². The van der Waals surface area contributed by atoms with Crippen LogP contribution in [-0.4, -0.2) is 71.9 Å². The van der Waals surface area contributed by atoms with Gasteiger partial charge in [-0.25, -0.2) is 4.98 Å². The van der Waals surface area contributed by atoms with Crippen molar-refractivity contribution in [2.45, 2.75) is 37.3 Å². The van der Waals surface area contributed by atoms with Crippen molar-refractivity contribution in [3.05, 3.63) is 24.3 Å². The summed E-state index contributed by atoms with van der Waals surface area (Å²) < 4.78 is 11.6. The average Bonchev–Trinajstić information content (AvgIpc) is 3.06. The number of aromatic nitrogens is 2. The largest absolute Gasteiger partial charge is 0.381 e. The molecular weight excluding hydrogens is 320 g/mol. The van der Waals surface area contributed by atoms with Crippen LogP contribution in [0, 0.1) is 5.92 Å². The summed E-state index contributed by atoms with van der Waals surface area (Å²) in [5.74, 6) is 0.365. The monoisotopic (exact) mass is 346 g/mol. The predicted molar refractivity (Wildman–Crippen MR) is 91.2 cm³/mol. The van der Waals surface area contributed by atoms with Crippen molar-refractivity contribution in [1.82, 2.24) is 20.2 Å². The molecule has 4 heterocycles. The number of hydrogen-bond acceptors (Lipinski definition) is 6. The third kappa shape index (κ3) is 3.54. The highest BCUT2D eigenvalue weighted by molar-refractivity contribution is 5.91. The molecule has 0 aliphatic carbocycles. The van der Waals surface area contributed by atoms with Gasteiger partial charge in [0.25, 0.3) is 5.91 Å². The Morgan fingerprint density at radius 3 is 2.84 bits per heavy atom. The Labute approximate surface area is 148 Å². The molecule has 3 aliphatic heterocycles. The van der Waals surface area contributed by atoms with E-state index < -0.39 is 0 Å². The van der Waals surface area contributed by atoms with Crippen molar-refractivity contribution < 1.29 is 14.3 Å². The zero-order valence-electron chi connectivity index (χ0n) is 14.5. The fourth-order valence-electron chi connectivity index (χ4n) is 4.36. The van der Waals surface area contributed by atoms with Gasteiger partial charge in [0.2, 0.25) is 0 Å². The molecule has 1 amide bonds. The molecule has 7 nitrogen and oxygen atoms in total. The molecule has 0 unspecified atom stereocenters. The second kappa shape index (κ2) is 7.35. The molecule has 3 aliphatic rings. The number of rotatable bonds is 5. The highest BCUT2D eigenvalue weighted by Gasteiger charge is 2.53. The number of ether oxygens (including phenoxy) is 2. The third-order valence-corrected chi connectivity index (χ3v) is 5.82. The fourth-order valence-corrected chi connectivity index (χ4v) is 4.36. The molecule has 1 N–H and O–H groups in total. The zero-order chi connectivity index (χ0) is 17.1. The van der Waals surface area contributed by atoms with E-state index in [-0.39, 0.29) is 11.5 Å². The lowest BCUT2D eigenvalue weighted by Crippen LogP contribution is -2.67. The minimum Gasteiger partial charge on any atom is -0.381 e. The van der Waals surface area contributed by atoms with Crippen LogP contribution in [0.2, 0.25) is 0 Å². The van der Waals surface area contributed by atoms with Gasteiger partial charge in [0, 0.05) is 57.9 Å². The molecule has 1 aromatic heterocycles. The molecule has 3 fully saturated rings. The van der Waals surface area contributed by atoms with Crippen LogP contribution in [0.1, 0.15) is 36.2 Å². The quantitative estimate of drug-likeness (QED) is 0.852. The van der Waals surface area contributed by atoms with Gasteiger partial charge in [-0.2, -0.15) is 0 Å². The maximum Gasteiger partial charge on any atom is 0.271 e. The van der Waals surface area contributed by atoms with Crippen molar-refractivity contribution in [1.29, 1.82) is 0 Å².